The highest BCUT2D eigenvalue weighted by atomic mass is 32.1. The molecule has 19 heavy (non-hydrogen) atoms. The third kappa shape index (κ3) is 2.96. The zero-order chi connectivity index (χ0) is 14.2. The van der Waals surface area contributed by atoms with Crippen LogP contribution in [0.15, 0.2) is 29.6 Å². The SMILES string of the molecule is Cc1ccsc1C(O)c1cc(F)cc(C(F)(F)F)c1. The van der Waals surface area contributed by atoms with Crippen LogP contribution in [0.4, 0.5) is 17.6 Å². The summed E-state index contributed by atoms with van der Waals surface area (Å²) < 4.78 is 51.0. The minimum atomic E-state index is -4.64. The topological polar surface area (TPSA) is 20.2 Å². The summed E-state index contributed by atoms with van der Waals surface area (Å²) in [6.45, 7) is 1.74. The van der Waals surface area contributed by atoms with Crippen molar-refractivity contribution in [3.05, 3.63) is 57.0 Å². The second-order valence-electron chi connectivity index (χ2n) is 4.14. The molecule has 0 amide bonds. The van der Waals surface area contributed by atoms with Crippen LogP contribution in [0.1, 0.15) is 27.7 Å². The molecule has 0 bridgehead atoms. The zero-order valence-electron chi connectivity index (χ0n) is 9.83. The van der Waals surface area contributed by atoms with Gasteiger partial charge in [-0.05, 0) is 47.7 Å². The maximum Gasteiger partial charge on any atom is 0.416 e. The van der Waals surface area contributed by atoms with Crippen molar-refractivity contribution in [2.24, 2.45) is 0 Å². The fraction of sp³-hybridized carbons (Fsp3) is 0.231. The molecule has 0 saturated heterocycles. The van der Waals surface area contributed by atoms with Crippen molar-refractivity contribution in [2.75, 3.05) is 0 Å². The number of thiophene rings is 1. The molecule has 0 aliphatic heterocycles. The number of aliphatic hydroxyl groups is 1. The van der Waals surface area contributed by atoms with Gasteiger partial charge in [0.25, 0.3) is 0 Å². The molecule has 0 radical (unpaired) electrons. The van der Waals surface area contributed by atoms with E-state index in [1.165, 1.54) is 11.3 Å². The standard InChI is InChI=1S/C13H10F4OS/c1-7-2-3-19-12(7)11(18)8-4-9(13(15,16)17)6-10(14)5-8/h2-6,11,18H,1H3. The molecule has 0 aliphatic rings. The van der Waals surface area contributed by atoms with Crippen LogP contribution < -0.4 is 0 Å². The third-order valence-corrected chi connectivity index (χ3v) is 3.78. The van der Waals surface area contributed by atoms with Gasteiger partial charge in [0.1, 0.15) is 11.9 Å². The van der Waals surface area contributed by atoms with Gasteiger partial charge in [0.15, 0.2) is 0 Å². The summed E-state index contributed by atoms with van der Waals surface area (Å²) in [6, 6.07) is 3.84. The molecule has 0 fully saturated rings. The van der Waals surface area contributed by atoms with Crippen molar-refractivity contribution in [3.63, 3.8) is 0 Å². The second kappa shape index (κ2) is 4.94. The summed E-state index contributed by atoms with van der Waals surface area (Å²) >= 11 is 1.22. The van der Waals surface area contributed by atoms with Gasteiger partial charge < -0.3 is 5.11 Å². The van der Waals surface area contributed by atoms with E-state index in [1.807, 2.05) is 0 Å². The van der Waals surface area contributed by atoms with E-state index in [0.717, 1.165) is 17.7 Å². The Morgan fingerprint density at radius 2 is 1.89 bits per heavy atom. The summed E-state index contributed by atoms with van der Waals surface area (Å²) in [4.78, 5) is 0.513. The number of benzene rings is 1. The lowest BCUT2D eigenvalue weighted by atomic mass is 10.0. The van der Waals surface area contributed by atoms with E-state index >= 15 is 0 Å². The summed E-state index contributed by atoms with van der Waals surface area (Å²) in [5.74, 6) is -1.02. The van der Waals surface area contributed by atoms with Crippen LogP contribution in [-0.2, 0) is 6.18 Å². The van der Waals surface area contributed by atoms with E-state index in [-0.39, 0.29) is 5.56 Å². The Balaban J connectivity index is 2.46. The molecule has 1 aromatic heterocycles. The molecule has 2 rings (SSSR count). The molecule has 2 aromatic rings. The molecule has 0 aliphatic carbocycles. The average molecular weight is 290 g/mol. The Hall–Kier alpha value is -1.40. The predicted molar refractivity (Wildman–Crippen MR) is 64.5 cm³/mol. The molecular weight excluding hydrogens is 280 g/mol. The van der Waals surface area contributed by atoms with Crippen LogP contribution in [0.2, 0.25) is 0 Å². The molecule has 1 unspecified atom stereocenters. The molecule has 102 valence electrons. The van der Waals surface area contributed by atoms with E-state index < -0.39 is 23.7 Å². The molecule has 0 saturated carbocycles. The molecule has 1 atom stereocenters. The molecule has 6 heteroatoms. The minimum Gasteiger partial charge on any atom is -0.383 e. The number of alkyl halides is 3. The van der Waals surface area contributed by atoms with Crippen LogP contribution in [0, 0.1) is 12.7 Å². The van der Waals surface area contributed by atoms with Gasteiger partial charge in [0, 0.05) is 4.88 Å². The first-order valence-electron chi connectivity index (χ1n) is 5.39. The van der Waals surface area contributed by atoms with Crippen molar-refractivity contribution < 1.29 is 22.7 Å². The maximum absolute atomic E-state index is 13.3. The maximum atomic E-state index is 13.3. The molecule has 1 heterocycles. The smallest absolute Gasteiger partial charge is 0.383 e. The van der Waals surface area contributed by atoms with Gasteiger partial charge in [0.05, 0.1) is 5.56 Å². The van der Waals surface area contributed by atoms with Crippen LogP contribution in [-0.4, -0.2) is 5.11 Å². The number of aliphatic hydroxyl groups excluding tert-OH is 1. The summed E-state index contributed by atoms with van der Waals surface area (Å²) in [5.41, 5.74) is -0.441. The van der Waals surface area contributed by atoms with Crippen molar-refractivity contribution in [1.82, 2.24) is 0 Å². The molecule has 1 N–H and O–H groups in total. The Kier molecular flexibility index (Phi) is 3.64. The number of rotatable bonds is 2. The second-order valence-corrected chi connectivity index (χ2v) is 5.09. The average Bonchev–Trinajstić information content (AvgIpc) is 2.72. The van der Waals surface area contributed by atoms with E-state index in [9.17, 15) is 22.7 Å². The number of halogens is 4. The Morgan fingerprint density at radius 3 is 2.42 bits per heavy atom. The highest BCUT2D eigenvalue weighted by molar-refractivity contribution is 7.10. The van der Waals surface area contributed by atoms with Crippen molar-refractivity contribution in [2.45, 2.75) is 19.2 Å². The van der Waals surface area contributed by atoms with Gasteiger partial charge in [-0.15, -0.1) is 11.3 Å². The van der Waals surface area contributed by atoms with E-state index in [0.29, 0.717) is 10.9 Å². The van der Waals surface area contributed by atoms with Gasteiger partial charge in [-0.2, -0.15) is 13.2 Å². The Bertz CT molecular complexity index is 589. The molecule has 0 spiro atoms. The van der Waals surface area contributed by atoms with E-state index in [4.69, 9.17) is 0 Å². The quantitative estimate of drug-likeness (QED) is 0.818. The predicted octanol–water partition coefficient (Wildman–Crippen LogP) is 4.30. The van der Waals surface area contributed by atoms with Crippen LogP contribution in [0.25, 0.3) is 0 Å². The van der Waals surface area contributed by atoms with Crippen molar-refractivity contribution in [3.8, 4) is 0 Å². The van der Waals surface area contributed by atoms with Gasteiger partial charge >= 0.3 is 6.18 Å². The third-order valence-electron chi connectivity index (χ3n) is 2.71. The van der Waals surface area contributed by atoms with Crippen LogP contribution in [0.5, 0.6) is 0 Å². The molecule has 1 nitrogen and oxygen atoms in total. The zero-order valence-corrected chi connectivity index (χ0v) is 10.6. The van der Waals surface area contributed by atoms with Crippen LogP contribution in [0.3, 0.4) is 0 Å². The fourth-order valence-electron chi connectivity index (χ4n) is 1.75. The first kappa shape index (κ1) is 14.0. The monoisotopic (exact) mass is 290 g/mol. The normalized spacial score (nSPS) is 13.6. The first-order valence-corrected chi connectivity index (χ1v) is 6.27. The van der Waals surface area contributed by atoms with Crippen molar-refractivity contribution >= 4 is 11.3 Å². The van der Waals surface area contributed by atoms with Gasteiger partial charge in [0.2, 0.25) is 0 Å². The van der Waals surface area contributed by atoms with Gasteiger partial charge in [-0.1, -0.05) is 0 Å². The Morgan fingerprint density at radius 1 is 1.21 bits per heavy atom. The van der Waals surface area contributed by atoms with Crippen molar-refractivity contribution in [1.29, 1.82) is 0 Å². The summed E-state index contributed by atoms with van der Waals surface area (Å²) in [7, 11) is 0. The van der Waals surface area contributed by atoms with Gasteiger partial charge in [-0.3, -0.25) is 0 Å². The summed E-state index contributed by atoms with van der Waals surface area (Å²) in [5, 5.41) is 11.8. The number of hydrogen-bond donors (Lipinski definition) is 1. The van der Waals surface area contributed by atoms with E-state index in [1.54, 1.807) is 18.4 Å². The lowest BCUT2D eigenvalue weighted by Gasteiger charge is -2.14. The molecular formula is C13H10F4OS. The highest BCUT2D eigenvalue weighted by Crippen LogP contribution is 2.34. The Labute approximate surface area is 111 Å². The number of hydrogen-bond acceptors (Lipinski definition) is 2. The van der Waals surface area contributed by atoms with Crippen LogP contribution >= 0.6 is 11.3 Å². The lowest BCUT2D eigenvalue weighted by Crippen LogP contribution is -2.08. The largest absolute Gasteiger partial charge is 0.416 e. The summed E-state index contributed by atoms with van der Waals surface area (Å²) in [6.07, 6.45) is -5.89. The van der Waals surface area contributed by atoms with E-state index in [2.05, 4.69) is 0 Å². The minimum absolute atomic E-state index is 0.0992. The molecule has 1 aromatic carbocycles. The number of aryl methyl sites for hydroxylation is 1. The fourth-order valence-corrected chi connectivity index (χ4v) is 2.69. The van der Waals surface area contributed by atoms with Gasteiger partial charge in [-0.25, -0.2) is 4.39 Å². The highest BCUT2D eigenvalue weighted by Gasteiger charge is 2.32. The first-order chi connectivity index (χ1) is 8.79. The lowest BCUT2D eigenvalue weighted by molar-refractivity contribution is -0.137.